The molecule has 1 spiro atoms. The second-order valence-electron chi connectivity index (χ2n) is 8.61. The lowest BCUT2D eigenvalue weighted by Crippen LogP contribution is -2.71. The van der Waals surface area contributed by atoms with Gasteiger partial charge >= 0.3 is 17.8 Å². The van der Waals surface area contributed by atoms with Crippen molar-refractivity contribution in [2.75, 3.05) is 31.1 Å². The zero-order valence-electron chi connectivity index (χ0n) is 17.6. The van der Waals surface area contributed by atoms with E-state index >= 15 is 0 Å². The Kier molecular flexibility index (Phi) is 5.47. The molecule has 0 radical (unpaired) electrons. The fourth-order valence-corrected chi connectivity index (χ4v) is 4.43. The van der Waals surface area contributed by atoms with E-state index in [0.717, 1.165) is 42.9 Å². The van der Waals surface area contributed by atoms with E-state index in [1.165, 1.54) is 4.57 Å². The van der Waals surface area contributed by atoms with Crippen molar-refractivity contribution in [2.45, 2.75) is 25.1 Å². The highest BCUT2D eigenvalue weighted by Crippen LogP contribution is 2.38. The number of halogens is 3. The molecule has 1 atom stereocenters. The first-order valence-electron chi connectivity index (χ1n) is 10.2. The Hall–Kier alpha value is -3.35. The van der Waals surface area contributed by atoms with Gasteiger partial charge in [-0.05, 0) is 24.6 Å². The van der Waals surface area contributed by atoms with E-state index in [-0.39, 0.29) is 18.0 Å². The number of nitrogens with zero attached hydrogens (tertiary/aromatic N) is 3. The standard InChI is InChI=1S/C18H21N5O3.C2HF3O2/c1-21-14-6-11(22-9-18(10-22)7-19-8-18)2-3-12(14)23(17(21)26)13-4-5-15(24)20-16(13)25;3-2(4,5)1(6)7/h2-3,6,13,19H,4-5,7-10H2,1H3,(H,20,24,25);(H,6,7). The number of carbonyl (C=O) groups excluding carboxylic acids is 2. The number of carboxylic acid groups (broad SMARTS) is 1. The molecule has 1 aromatic heterocycles. The Labute approximate surface area is 184 Å². The molecule has 13 heteroatoms. The maximum atomic E-state index is 12.8. The molecule has 0 saturated carbocycles. The molecule has 3 fully saturated rings. The van der Waals surface area contributed by atoms with Crippen LogP contribution in [0, 0.1) is 5.41 Å². The second-order valence-corrected chi connectivity index (χ2v) is 8.61. The Morgan fingerprint density at radius 1 is 1.15 bits per heavy atom. The third-order valence-corrected chi connectivity index (χ3v) is 6.25. The lowest BCUT2D eigenvalue weighted by atomic mass is 9.74. The number of amides is 2. The highest BCUT2D eigenvalue weighted by Gasteiger charge is 2.47. The van der Waals surface area contributed by atoms with Crippen LogP contribution in [0.4, 0.5) is 18.9 Å². The SMILES string of the molecule is Cn1c(=O)n(C2CCC(=O)NC2=O)c2ccc(N3CC4(CNC4)C3)cc21.O=C(O)C(F)(F)F. The molecule has 5 rings (SSSR count). The van der Waals surface area contributed by atoms with E-state index in [0.29, 0.717) is 11.8 Å². The van der Waals surface area contributed by atoms with Crippen molar-refractivity contribution in [1.82, 2.24) is 19.8 Å². The van der Waals surface area contributed by atoms with Crippen LogP contribution in [-0.4, -0.2) is 64.4 Å². The van der Waals surface area contributed by atoms with Gasteiger partial charge in [0.2, 0.25) is 11.8 Å². The van der Waals surface area contributed by atoms with E-state index < -0.39 is 24.1 Å². The number of imide groups is 1. The number of hydrogen-bond acceptors (Lipinski definition) is 6. The number of hydrogen-bond donors (Lipinski definition) is 3. The van der Waals surface area contributed by atoms with Crippen LogP contribution in [0.1, 0.15) is 18.9 Å². The molecule has 3 saturated heterocycles. The van der Waals surface area contributed by atoms with Crippen LogP contribution in [0.25, 0.3) is 11.0 Å². The summed E-state index contributed by atoms with van der Waals surface area (Å²) in [7, 11) is 1.73. The van der Waals surface area contributed by atoms with Gasteiger partial charge in [0.1, 0.15) is 6.04 Å². The van der Waals surface area contributed by atoms with Gasteiger partial charge in [-0.1, -0.05) is 0 Å². The molecule has 33 heavy (non-hydrogen) atoms. The number of aliphatic carboxylic acids is 1. The molecule has 3 aliphatic rings. The smallest absolute Gasteiger partial charge is 0.475 e. The van der Waals surface area contributed by atoms with Gasteiger partial charge in [0.15, 0.2) is 0 Å². The van der Waals surface area contributed by atoms with E-state index in [2.05, 4.69) is 15.5 Å². The molecule has 3 N–H and O–H groups in total. The van der Waals surface area contributed by atoms with Crippen LogP contribution in [-0.2, 0) is 21.4 Å². The molecule has 2 amide bonds. The average molecular weight is 469 g/mol. The zero-order valence-corrected chi connectivity index (χ0v) is 17.6. The van der Waals surface area contributed by atoms with Gasteiger partial charge in [-0.3, -0.25) is 24.0 Å². The number of rotatable bonds is 2. The first-order valence-corrected chi connectivity index (χ1v) is 10.2. The first-order chi connectivity index (χ1) is 15.4. The predicted octanol–water partition coefficient (Wildman–Crippen LogP) is 0.361. The van der Waals surface area contributed by atoms with Crippen molar-refractivity contribution >= 4 is 34.5 Å². The second kappa shape index (κ2) is 7.90. The molecular formula is C20H22F3N5O5. The zero-order chi connectivity index (χ0) is 24.1. The largest absolute Gasteiger partial charge is 0.490 e. The van der Waals surface area contributed by atoms with Crippen molar-refractivity contribution in [1.29, 1.82) is 0 Å². The number of piperidine rings is 1. The van der Waals surface area contributed by atoms with E-state index in [1.54, 1.807) is 11.6 Å². The first kappa shape index (κ1) is 22.8. The molecule has 1 aromatic carbocycles. The maximum absolute atomic E-state index is 12.8. The summed E-state index contributed by atoms with van der Waals surface area (Å²) in [4.78, 5) is 47.6. The molecule has 1 unspecified atom stereocenters. The Morgan fingerprint density at radius 2 is 1.79 bits per heavy atom. The van der Waals surface area contributed by atoms with E-state index in [9.17, 15) is 27.6 Å². The topological polar surface area (TPSA) is 126 Å². The molecule has 0 bridgehead atoms. The molecule has 3 aliphatic heterocycles. The van der Waals surface area contributed by atoms with Crippen LogP contribution in [0.5, 0.6) is 0 Å². The molecule has 10 nitrogen and oxygen atoms in total. The van der Waals surface area contributed by atoms with Crippen LogP contribution in [0.2, 0.25) is 0 Å². The number of fused-ring (bicyclic) bond motifs is 1. The highest BCUT2D eigenvalue weighted by molar-refractivity contribution is 6.00. The van der Waals surface area contributed by atoms with Crippen molar-refractivity contribution in [3.8, 4) is 0 Å². The van der Waals surface area contributed by atoms with Crippen LogP contribution >= 0.6 is 0 Å². The predicted molar refractivity (Wildman–Crippen MR) is 110 cm³/mol. The Balaban J connectivity index is 0.000000325. The van der Waals surface area contributed by atoms with Gasteiger partial charge in [-0.25, -0.2) is 9.59 Å². The Morgan fingerprint density at radius 3 is 2.30 bits per heavy atom. The third kappa shape index (κ3) is 4.08. The number of carbonyl (C=O) groups is 3. The minimum absolute atomic E-state index is 0.227. The molecule has 2 aromatic rings. The number of imidazole rings is 1. The summed E-state index contributed by atoms with van der Waals surface area (Å²) in [5, 5.41) is 12.8. The number of aromatic nitrogens is 2. The number of anilines is 1. The normalized spacial score (nSPS) is 21.7. The van der Waals surface area contributed by atoms with Crippen molar-refractivity contribution in [3.63, 3.8) is 0 Å². The maximum Gasteiger partial charge on any atom is 0.490 e. The molecule has 0 aliphatic carbocycles. The quantitative estimate of drug-likeness (QED) is 0.543. The van der Waals surface area contributed by atoms with Crippen LogP contribution in [0.3, 0.4) is 0 Å². The number of nitrogens with one attached hydrogen (secondary N) is 2. The van der Waals surface area contributed by atoms with Crippen molar-refractivity contribution in [2.24, 2.45) is 12.5 Å². The van der Waals surface area contributed by atoms with Gasteiger partial charge in [0.25, 0.3) is 0 Å². The monoisotopic (exact) mass is 469 g/mol. The van der Waals surface area contributed by atoms with E-state index in [4.69, 9.17) is 9.90 Å². The van der Waals surface area contributed by atoms with Gasteiger partial charge in [-0.2, -0.15) is 13.2 Å². The number of alkyl halides is 3. The van der Waals surface area contributed by atoms with Crippen molar-refractivity contribution in [3.05, 3.63) is 28.7 Å². The lowest BCUT2D eigenvalue weighted by Gasteiger charge is -2.57. The fraction of sp³-hybridized carbons (Fsp3) is 0.500. The highest BCUT2D eigenvalue weighted by atomic mass is 19.4. The van der Waals surface area contributed by atoms with Crippen LogP contribution < -0.4 is 21.2 Å². The summed E-state index contributed by atoms with van der Waals surface area (Å²) >= 11 is 0. The summed E-state index contributed by atoms with van der Waals surface area (Å²) in [6.07, 6.45) is -4.48. The average Bonchev–Trinajstić information content (AvgIpc) is 2.90. The summed E-state index contributed by atoms with van der Waals surface area (Å²) in [5.74, 6) is -3.44. The fourth-order valence-electron chi connectivity index (χ4n) is 4.43. The molecule has 4 heterocycles. The van der Waals surface area contributed by atoms with Crippen LogP contribution in [0.15, 0.2) is 23.0 Å². The minimum atomic E-state index is -5.08. The third-order valence-electron chi connectivity index (χ3n) is 6.25. The lowest BCUT2D eigenvalue weighted by molar-refractivity contribution is -0.192. The van der Waals surface area contributed by atoms with E-state index in [1.807, 2.05) is 18.2 Å². The number of aryl methyl sites for hydroxylation is 1. The summed E-state index contributed by atoms with van der Waals surface area (Å²) in [5.41, 5.74) is 2.85. The Bertz CT molecular complexity index is 1190. The van der Waals surface area contributed by atoms with Gasteiger partial charge in [-0.15, -0.1) is 0 Å². The summed E-state index contributed by atoms with van der Waals surface area (Å²) in [6, 6.07) is 5.32. The molecular weight excluding hydrogens is 447 g/mol. The van der Waals surface area contributed by atoms with Gasteiger partial charge in [0, 0.05) is 50.7 Å². The van der Waals surface area contributed by atoms with Gasteiger partial charge < -0.3 is 15.3 Å². The molecule has 178 valence electrons. The minimum Gasteiger partial charge on any atom is -0.475 e. The number of benzene rings is 1. The van der Waals surface area contributed by atoms with Crippen molar-refractivity contribution < 1.29 is 32.7 Å². The summed E-state index contributed by atoms with van der Waals surface area (Å²) in [6.45, 7) is 4.23. The van der Waals surface area contributed by atoms with Gasteiger partial charge in [0.05, 0.1) is 11.0 Å². The summed E-state index contributed by atoms with van der Waals surface area (Å²) < 4.78 is 34.8. The number of carboxylic acids is 1.